The summed E-state index contributed by atoms with van der Waals surface area (Å²) in [7, 11) is 0. The van der Waals surface area contributed by atoms with Crippen LogP contribution >= 0.6 is 23.6 Å². The van der Waals surface area contributed by atoms with Crippen LogP contribution in [0.15, 0.2) is 47.6 Å². The van der Waals surface area contributed by atoms with E-state index < -0.39 is 4.92 Å². The molecular weight excluding hydrogens is 310 g/mol. The molecule has 7 nitrogen and oxygen atoms in total. The predicted octanol–water partition coefficient (Wildman–Crippen LogP) is 2.48. The highest BCUT2D eigenvalue weighted by Crippen LogP contribution is 2.22. The molecule has 0 amide bonds. The minimum atomic E-state index is -0.439. The van der Waals surface area contributed by atoms with Crippen LogP contribution in [0.1, 0.15) is 4.88 Å². The molecule has 0 atom stereocenters. The van der Waals surface area contributed by atoms with Gasteiger partial charge in [-0.05, 0) is 30.4 Å². The van der Waals surface area contributed by atoms with Gasteiger partial charge in [-0.15, -0.1) is 0 Å². The molecule has 2 aromatic rings. The molecular formula is C12H11N5O2S2. The Morgan fingerprint density at radius 1 is 1.29 bits per heavy atom. The monoisotopic (exact) mass is 321 g/mol. The first-order valence-electron chi connectivity index (χ1n) is 5.79. The highest BCUT2D eigenvalue weighted by atomic mass is 32.1. The van der Waals surface area contributed by atoms with E-state index in [1.165, 1.54) is 12.3 Å². The standard InChI is InChI=1S/C12H11N5O2S2/c18-17(19)11-7-6-10(21-11)8-13-15-12(20)16-14-9-4-2-1-3-5-9/h1-8,14H,(H2,15,16,20)/b13-8-. The first-order chi connectivity index (χ1) is 10.1. The minimum absolute atomic E-state index is 0.0721. The van der Waals surface area contributed by atoms with Crippen LogP contribution in [-0.4, -0.2) is 16.3 Å². The van der Waals surface area contributed by atoms with Crippen LogP contribution in [0.3, 0.4) is 0 Å². The molecule has 0 radical (unpaired) electrons. The fraction of sp³-hybridized carbons (Fsp3) is 0. The third kappa shape index (κ3) is 4.82. The number of para-hydroxylation sites is 1. The van der Waals surface area contributed by atoms with Crippen LogP contribution in [0.25, 0.3) is 0 Å². The molecule has 108 valence electrons. The summed E-state index contributed by atoms with van der Waals surface area (Å²) in [6.45, 7) is 0. The van der Waals surface area contributed by atoms with Crippen molar-refractivity contribution in [1.29, 1.82) is 0 Å². The lowest BCUT2D eigenvalue weighted by Crippen LogP contribution is -2.36. The van der Waals surface area contributed by atoms with Gasteiger partial charge < -0.3 is 0 Å². The normalized spacial score (nSPS) is 10.3. The Kier molecular flexibility index (Phi) is 5.18. The third-order valence-electron chi connectivity index (χ3n) is 2.24. The van der Waals surface area contributed by atoms with Gasteiger partial charge in [-0.1, -0.05) is 29.5 Å². The second kappa shape index (κ2) is 7.31. The van der Waals surface area contributed by atoms with Crippen LogP contribution in [0.5, 0.6) is 0 Å². The molecule has 0 aliphatic carbocycles. The summed E-state index contributed by atoms with van der Waals surface area (Å²) in [5, 5.41) is 14.8. The SMILES string of the molecule is O=[N+]([O-])c1ccc(/C=N\NC(=S)NNc2ccccc2)s1. The van der Waals surface area contributed by atoms with E-state index in [1.54, 1.807) is 6.07 Å². The van der Waals surface area contributed by atoms with Gasteiger partial charge in [-0.3, -0.25) is 26.4 Å². The molecule has 1 aromatic heterocycles. The van der Waals surface area contributed by atoms with Crippen LogP contribution in [0.4, 0.5) is 10.7 Å². The number of thiocarbonyl (C=S) groups is 1. The molecule has 3 N–H and O–H groups in total. The Balaban J connectivity index is 1.77. The molecule has 0 bridgehead atoms. The number of hydrogen-bond donors (Lipinski definition) is 3. The predicted molar refractivity (Wildman–Crippen MR) is 87.5 cm³/mol. The zero-order chi connectivity index (χ0) is 15.1. The quantitative estimate of drug-likeness (QED) is 0.339. The van der Waals surface area contributed by atoms with Gasteiger partial charge in [0, 0.05) is 6.07 Å². The largest absolute Gasteiger partial charge is 0.324 e. The fourth-order valence-corrected chi connectivity index (χ4v) is 2.14. The molecule has 1 heterocycles. The first-order valence-corrected chi connectivity index (χ1v) is 7.02. The molecule has 0 unspecified atom stereocenters. The maximum atomic E-state index is 10.5. The van der Waals surface area contributed by atoms with E-state index in [2.05, 4.69) is 21.4 Å². The maximum Gasteiger partial charge on any atom is 0.324 e. The average molecular weight is 321 g/mol. The van der Waals surface area contributed by atoms with Crippen molar-refractivity contribution < 1.29 is 4.92 Å². The number of hydrazine groups is 1. The molecule has 9 heteroatoms. The Bertz CT molecular complexity index is 657. The van der Waals surface area contributed by atoms with Crippen LogP contribution in [0, 0.1) is 10.1 Å². The van der Waals surface area contributed by atoms with Crippen molar-refractivity contribution in [1.82, 2.24) is 10.9 Å². The van der Waals surface area contributed by atoms with Crippen LogP contribution < -0.4 is 16.3 Å². The number of benzene rings is 1. The molecule has 0 aliphatic rings. The molecule has 0 saturated carbocycles. The zero-order valence-corrected chi connectivity index (χ0v) is 12.3. The minimum Gasteiger partial charge on any atom is -0.299 e. The van der Waals surface area contributed by atoms with Gasteiger partial charge in [-0.2, -0.15) is 5.10 Å². The Morgan fingerprint density at radius 2 is 2.05 bits per heavy atom. The summed E-state index contributed by atoms with van der Waals surface area (Å²) < 4.78 is 0. The number of thiophene rings is 1. The smallest absolute Gasteiger partial charge is 0.299 e. The van der Waals surface area contributed by atoms with Gasteiger partial charge in [-0.25, -0.2) is 0 Å². The number of nitrogens with zero attached hydrogens (tertiary/aromatic N) is 2. The summed E-state index contributed by atoms with van der Waals surface area (Å²) in [4.78, 5) is 10.8. The molecule has 1 aromatic carbocycles. The van der Waals surface area contributed by atoms with E-state index in [0.29, 0.717) is 4.88 Å². The van der Waals surface area contributed by atoms with E-state index in [9.17, 15) is 10.1 Å². The summed E-state index contributed by atoms with van der Waals surface area (Å²) in [5.74, 6) is 0. The van der Waals surface area contributed by atoms with E-state index in [0.717, 1.165) is 17.0 Å². The second-order valence-electron chi connectivity index (χ2n) is 3.75. The van der Waals surface area contributed by atoms with E-state index in [-0.39, 0.29) is 10.1 Å². The highest BCUT2D eigenvalue weighted by molar-refractivity contribution is 7.80. The average Bonchev–Trinajstić information content (AvgIpc) is 2.95. The van der Waals surface area contributed by atoms with Crippen LogP contribution in [-0.2, 0) is 0 Å². The van der Waals surface area contributed by atoms with Crippen molar-refractivity contribution in [3.8, 4) is 0 Å². The zero-order valence-electron chi connectivity index (χ0n) is 10.6. The fourth-order valence-electron chi connectivity index (χ4n) is 1.34. The number of anilines is 1. The summed E-state index contributed by atoms with van der Waals surface area (Å²) >= 11 is 6.05. The van der Waals surface area contributed by atoms with Gasteiger partial charge in [0.1, 0.15) is 0 Å². The third-order valence-corrected chi connectivity index (χ3v) is 3.41. The second-order valence-corrected chi connectivity index (χ2v) is 5.25. The maximum absolute atomic E-state index is 10.5. The Hall–Kier alpha value is -2.52. The molecule has 0 aliphatic heterocycles. The topological polar surface area (TPSA) is 91.6 Å². The van der Waals surface area contributed by atoms with Gasteiger partial charge >= 0.3 is 5.00 Å². The van der Waals surface area contributed by atoms with E-state index in [4.69, 9.17) is 12.2 Å². The molecule has 0 spiro atoms. The van der Waals surface area contributed by atoms with Gasteiger partial charge in [0.05, 0.1) is 21.7 Å². The number of hydrogen-bond acceptors (Lipinski definition) is 6. The van der Waals surface area contributed by atoms with Gasteiger partial charge in [0.15, 0.2) is 0 Å². The number of nitro groups is 1. The summed E-state index contributed by atoms with van der Waals surface area (Å²) in [6.07, 6.45) is 1.47. The lowest BCUT2D eigenvalue weighted by Gasteiger charge is -2.09. The van der Waals surface area contributed by atoms with Crippen molar-refractivity contribution in [3.63, 3.8) is 0 Å². The van der Waals surface area contributed by atoms with Gasteiger partial charge in [0.2, 0.25) is 5.11 Å². The molecule has 0 fully saturated rings. The van der Waals surface area contributed by atoms with E-state index in [1.807, 2.05) is 30.3 Å². The van der Waals surface area contributed by atoms with Gasteiger partial charge in [0.25, 0.3) is 0 Å². The lowest BCUT2D eigenvalue weighted by molar-refractivity contribution is -0.380. The van der Waals surface area contributed by atoms with E-state index >= 15 is 0 Å². The Labute approximate surface area is 129 Å². The van der Waals surface area contributed by atoms with Crippen molar-refractivity contribution in [2.75, 3.05) is 5.43 Å². The number of nitrogens with one attached hydrogen (secondary N) is 3. The Morgan fingerprint density at radius 3 is 2.71 bits per heavy atom. The van der Waals surface area contributed by atoms with Crippen molar-refractivity contribution >= 4 is 45.6 Å². The van der Waals surface area contributed by atoms with Crippen molar-refractivity contribution in [3.05, 3.63) is 57.5 Å². The number of rotatable bonds is 5. The first kappa shape index (κ1) is 14.9. The summed E-state index contributed by atoms with van der Waals surface area (Å²) in [5.41, 5.74) is 9.12. The number of hydrazone groups is 1. The molecule has 21 heavy (non-hydrogen) atoms. The van der Waals surface area contributed by atoms with Crippen LogP contribution in [0.2, 0.25) is 0 Å². The molecule has 0 saturated heterocycles. The lowest BCUT2D eigenvalue weighted by atomic mass is 10.3. The summed E-state index contributed by atoms with van der Waals surface area (Å²) in [6, 6.07) is 12.5. The molecule has 2 rings (SSSR count). The van der Waals surface area contributed by atoms with Crippen molar-refractivity contribution in [2.24, 2.45) is 5.10 Å². The van der Waals surface area contributed by atoms with Crippen molar-refractivity contribution in [2.45, 2.75) is 0 Å². The highest BCUT2D eigenvalue weighted by Gasteiger charge is 2.07.